The van der Waals surface area contributed by atoms with E-state index in [9.17, 15) is 4.79 Å². The van der Waals surface area contributed by atoms with E-state index in [2.05, 4.69) is 4.72 Å². The molecule has 0 unspecified atom stereocenters. The molecule has 2 N–H and O–H groups in total. The topological polar surface area (TPSA) is 49.3 Å². The van der Waals surface area contributed by atoms with Gasteiger partial charge >= 0.3 is 5.97 Å². The third-order valence-corrected chi connectivity index (χ3v) is 2.63. The van der Waals surface area contributed by atoms with Gasteiger partial charge in [0.25, 0.3) is 0 Å². The zero-order valence-electron chi connectivity index (χ0n) is 7.81. The monoisotopic (exact) mass is 219 g/mol. The second-order valence-electron chi connectivity index (χ2n) is 2.98. The average Bonchev–Trinajstić information content (AvgIpc) is 2.30. The fraction of sp³-hybridized carbons (Fsp3) is 0. The summed E-state index contributed by atoms with van der Waals surface area (Å²) in [7, 11) is 0. The second kappa shape index (κ2) is 4.23. The lowest BCUT2D eigenvalue weighted by Crippen LogP contribution is -2.16. The Morgan fingerprint density at radius 2 is 2.00 bits per heavy atom. The highest BCUT2D eigenvalue weighted by Crippen LogP contribution is 2.25. The molecule has 0 spiro atoms. The fourth-order valence-corrected chi connectivity index (χ4v) is 1.94. The van der Waals surface area contributed by atoms with Crippen LogP contribution in [-0.4, -0.2) is 11.1 Å². The highest BCUT2D eigenvalue weighted by atomic mass is 32.2. The Bertz CT molecular complexity index is 437. The summed E-state index contributed by atoms with van der Waals surface area (Å²) in [5.41, 5.74) is 1.84. The molecule has 0 amide bonds. The molecule has 0 saturated heterocycles. The number of nitrogens with one attached hydrogen (secondary N) is 1. The summed E-state index contributed by atoms with van der Waals surface area (Å²) in [5.74, 6) is -0.939. The van der Waals surface area contributed by atoms with Crippen LogP contribution in [0, 0.1) is 0 Å². The molecule has 2 rings (SSSR count). The van der Waals surface area contributed by atoms with E-state index in [1.165, 1.54) is 11.9 Å². The van der Waals surface area contributed by atoms with Gasteiger partial charge in [-0.1, -0.05) is 30.3 Å². The van der Waals surface area contributed by atoms with E-state index in [0.29, 0.717) is 5.57 Å². The first kappa shape index (κ1) is 9.86. The molecule has 0 saturated carbocycles. The summed E-state index contributed by atoms with van der Waals surface area (Å²) in [6.07, 6.45) is 1.81. The Hall–Kier alpha value is -1.68. The summed E-state index contributed by atoms with van der Waals surface area (Å²) in [6.45, 7) is 0. The van der Waals surface area contributed by atoms with Crippen molar-refractivity contribution in [1.82, 2.24) is 4.72 Å². The SMILES string of the molecule is O=C(O)C1=C(c2ccccc2)C=CSN1. The smallest absolute Gasteiger partial charge is 0.353 e. The summed E-state index contributed by atoms with van der Waals surface area (Å²) >= 11 is 1.26. The highest BCUT2D eigenvalue weighted by Gasteiger charge is 2.16. The van der Waals surface area contributed by atoms with Gasteiger partial charge in [0.1, 0.15) is 5.70 Å². The number of carbonyl (C=O) groups is 1. The van der Waals surface area contributed by atoms with Crippen LogP contribution in [0.3, 0.4) is 0 Å². The van der Waals surface area contributed by atoms with E-state index >= 15 is 0 Å². The predicted octanol–water partition coefficient (Wildman–Crippen LogP) is 2.25. The third kappa shape index (κ3) is 2.05. The molecule has 1 aliphatic heterocycles. The Kier molecular flexibility index (Phi) is 2.78. The first-order chi connectivity index (χ1) is 7.29. The van der Waals surface area contributed by atoms with Gasteiger partial charge in [0.05, 0.1) is 0 Å². The van der Waals surface area contributed by atoms with E-state index in [1.54, 1.807) is 6.08 Å². The van der Waals surface area contributed by atoms with Gasteiger partial charge in [-0.25, -0.2) is 4.79 Å². The summed E-state index contributed by atoms with van der Waals surface area (Å²) in [5, 5.41) is 10.8. The number of benzene rings is 1. The lowest BCUT2D eigenvalue weighted by molar-refractivity contribution is -0.132. The molecule has 0 bridgehead atoms. The fourth-order valence-electron chi connectivity index (χ4n) is 1.35. The summed E-state index contributed by atoms with van der Waals surface area (Å²) in [4.78, 5) is 11.0. The van der Waals surface area contributed by atoms with Crippen LogP contribution in [0.4, 0.5) is 0 Å². The second-order valence-corrected chi connectivity index (χ2v) is 3.69. The zero-order valence-corrected chi connectivity index (χ0v) is 8.62. The van der Waals surface area contributed by atoms with Gasteiger partial charge in [-0.2, -0.15) is 0 Å². The lowest BCUT2D eigenvalue weighted by Gasteiger charge is -2.13. The molecule has 0 radical (unpaired) electrons. The Labute approximate surface area is 91.6 Å². The highest BCUT2D eigenvalue weighted by molar-refractivity contribution is 8.00. The third-order valence-electron chi connectivity index (χ3n) is 2.03. The van der Waals surface area contributed by atoms with Crippen molar-refractivity contribution < 1.29 is 9.90 Å². The number of allylic oxidation sites excluding steroid dienone is 2. The van der Waals surface area contributed by atoms with Crippen molar-refractivity contribution in [2.24, 2.45) is 0 Å². The van der Waals surface area contributed by atoms with Crippen LogP contribution in [0.1, 0.15) is 5.56 Å². The number of aliphatic carboxylic acids is 1. The van der Waals surface area contributed by atoms with Gasteiger partial charge in [0, 0.05) is 5.57 Å². The molecule has 76 valence electrons. The number of carboxylic acid groups (broad SMARTS) is 1. The Balaban J connectivity index is 2.49. The molecule has 0 aromatic heterocycles. The molecule has 1 heterocycles. The molecule has 1 aromatic carbocycles. The van der Waals surface area contributed by atoms with Crippen LogP contribution in [0.25, 0.3) is 5.57 Å². The number of hydrogen-bond acceptors (Lipinski definition) is 3. The Morgan fingerprint density at radius 3 is 2.67 bits per heavy atom. The van der Waals surface area contributed by atoms with Crippen molar-refractivity contribution in [1.29, 1.82) is 0 Å². The maximum Gasteiger partial charge on any atom is 0.353 e. The molecular weight excluding hydrogens is 210 g/mol. The van der Waals surface area contributed by atoms with Gasteiger partial charge in [-0.3, -0.25) is 0 Å². The first-order valence-electron chi connectivity index (χ1n) is 4.40. The number of carboxylic acids is 1. The van der Waals surface area contributed by atoms with E-state index in [-0.39, 0.29) is 5.70 Å². The summed E-state index contributed by atoms with van der Waals surface area (Å²) < 4.78 is 2.78. The first-order valence-corrected chi connectivity index (χ1v) is 5.28. The standard InChI is InChI=1S/C11H9NO2S/c13-11(14)10-9(6-7-15-12-10)8-4-2-1-3-5-8/h1-7,12H,(H,13,14). The van der Waals surface area contributed by atoms with Crippen LogP contribution in [-0.2, 0) is 4.79 Å². The molecule has 0 fully saturated rings. The number of rotatable bonds is 2. The van der Waals surface area contributed by atoms with Gasteiger partial charge in [-0.05, 0) is 29.0 Å². The van der Waals surface area contributed by atoms with E-state index in [4.69, 9.17) is 5.11 Å². The van der Waals surface area contributed by atoms with Crippen LogP contribution >= 0.6 is 11.9 Å². The van der Waals surface area contributed by atoms with Gasteiger partial charge in [0.15, 0.2) is 0 Å². The van der Waals surface area contributed by atoms with Crippen molar-refractivity contribution >= 4 is 23.5 Å². The maximum absolute atomic E-state index is 11.0. The van der Waals surface area contributed by atoms with Gasteiger partial charge < -0.3 is 9.83 Å². The quantitative estimate of drug-likeness (QED) is 0.749. The largest absolute Gasteiger partial charge is 0.477 e. The van der Waals surface area contributed by atoms with Gasteiger partial charge in [-0.15, -0.1) is 0 Å². The lowest BCUT2D eigenvalue weighted by atomic mass is 10.0. The van der Waals surface area contributed by atoms with Crippen molar-refractivity contribution in [2.45, 2.75) is 0 Å². The van der Waals surface area contributed by atoms with Crippen LogP contribution in [0.2, 0.25) is 0 Å². The molecule has 15 heavy (non-hydrogen) atoms. The van der Waals surface area contributed by atoms with E-state index in [1.807, 2.05) is 35.7 Å². The van der Waals surface area contributed by atoms with Crippen molar-refractivity contribution in [3.8, 4) is 0 Å². The molecule has 1 aromatic rings. The van der Waals surface area contributed by atoms with Crippen LogP contribution < -0.4 is 4.72 Å². The van der Waals surface area contributed by atoms with E-state index in [0.717, 1.165) is 5.56 Å². The van der Waals surface area contributed by atoms with Crippen LogP contribution in [0.5, 0.6) is 0 Å². The van der Waals surface area contributed by atoms with Crippen molar-refractivity contribution in [3.05, 3.63) is 53.1 Å². The molecule has 0 aliphatic carbocycles. The summed E-state index contributed by atoms with van der Waals surface area (Å²) in [6, 6.07) is 9.45. The molecule has 4 heteroatoms. The predicted molar refractivity (Wildman–Crippen MR) is 60.9 cm³/mol. The van der Waals surface area contributed by atoms with Crippen molar-refractivity contribution in [3.63, 3.8) is 0 Å². The zero-order chi connectivity index (χ0) is 10.7. The normalized spacial score (nSPS) is 14.9. The maximum atomic E-state index is 11.0. The molecular formula is C11H9NO2S. The van der Waals surface area contributed by atoms with Crippen molar-refractivity contribution in [2.75, 3.05) is 0 Å². The van der Waals surface area contributed by atoms with Crippen LogP contribution in [0.15, 0.2) is 47.5 Å². The average molecular weight is 219 g/mol. The minimum absolute atomic E-state index is 0.230. The number of hydrogen-bond donors (Lipinski definition) is 2. The molecule has 0 atom stereocenters. The van der Waals surface area contributed by atoms with E-state index < -0.39 is 5.97 Å². The van der Waals surface area contributed by atoms with Gasteiger partial charge in [0.2, 0.25) is 0 Å². The minimum Gasteiger partial charge on any atom is -0.477 e. The minimum atomic E-state index is -0.939. The molecule has 1 aliphatic rings. The molecule has 3 nitrogen and oxygen atoms in total. The Morgan fingerprint density at radius 1 is 1.27 bits per heavy atom.